The lowest BCUT2D eigenvalue weighted by molar-refractivity contribution is -0.236. The van der Waals surface area contributed by atoms with Crippen molar-refractivity contribution in [2.24, 2.45) is 22.7 Å². The van der Waals surface area contributed by atoms with Crippen molar-refractivity contribution < 1.29 is 9.84 Å². The van der Waals surface area contributed by atoms with E-state index in [9.17, 15) is 5.11 Å². The van der Waals surface area contributed by atoms with Crippen LogP contribution in [-0.2, 0) is 11.2 Å². The topological polar surface area (TPSA) is 45.2 Å². The summed E-state index contributed by atoms with van der Waals surface area (Å²) in [6, 6.07) is 8.66. The van der Waals surface area contributed by atoms with E-state index in [0.717, 1.165) is 32.1 Å². The molecular weight excluding hydrogens is 418 g/mol. The van der Waals surface area contributed by atoms with Crippen LogP contribution in [0.4, 0.5) is 0 Å². The van der Waals surface area contributed by atoms with Crippen LogP contribution in [0.3, 0.4) is 0 Å². The van der Waals surface area contributed by atoms with Crippen LogP contribution in [0.5, 0.6) is 0 Å². The van der Waals surface area contributed by atoms with Crippen LogP contribution in [0.2, 0.25) is 0 Å². The van der Waals surface area contributed by atoms with Gasteiger partial charge in [-0.2, -0.15) is 0 Å². The molecule has 34 heavy (non-hydrogen) atoms. The normalized spacial score (nSPS) is 35.3. The molecule has 2 heterocycles. The van der Waals surface area contributed by atoms with Gasteiger partial charge in [-0.1, -0.05) is 51.6 Å². The number of benzene rings is 1. The minimum absolute atomic E-state index is 0. The minimum atomic E-state index is -0.763. The molecule has 3 unspecified atom stereocenters. The summed E-state index contributed by atoms with van der Waals surface area (Å²) in [6.45, 7) is 13.4. The second kappa shape index (κ2) is 9.56. The molecule has 0 bridgehead atoms. The number of para-hydroxylation sites is 1. The van der Waals surface area contributed by atoms with Gasteiger partial charge in [0.05, 0.1) is 17.8 Å². The monoisotopic (exact) mass is 463 g/mol. The van der Waals surface area contributed by atoms with Gasteiger partial charge < -0.3 is 14.8 Å². The summed E-state index contributed by atoms with van der Waals surface area (Å²) in [5.74, 6) is 1.15. The van der Waals surface area contributed by atoms with Crippen molar-refractivity contribution >= 4 is 10.9 Å². The predicted molar refractivity (Wildman–Crippen MR) is 144 cm³/mol. The van der Waals surface area contributed by atoms with Crippen LogP contribution in [0, 0.1) is 35.5 Å². The van der Waals surface area contributed by atoms with Crippen molar-refractivity contribution in [2.75, 3.05) is 0 Å². The van der Waals surface area contributed by atoms with E-state index in [4.69, 9.17) is 4.74 Å². The molecule has 2 N–H and O–H groups in total. The molecule has 1 aliphatic heterocycles. The summed E-state index contributed by atoms with van der Waals surface area (Å²) >= 11 is 0. The summed E-state index contributed by atoms with van der Waals surface area (Å²) in [7, 11) is 0. The Bertz CT molecular complexity index is 1030. The Morgan fingerprint density at radius 2 is 1.79 bits per heavy atom. The number of aliphatic hydroxyl groups is 1. The number of H-pyrrole nitrogens is 1. The number of fused-ring (bicyclic) bond motifs is 4. The zero-order valence-corrected chi connectivity index (χ0v) is 20.9. The lowest BCUT2D eigenvalue weighted by Gasteiger charge is -2.63. The van der Waals surface area contributed by atoms with E-state index in [0.29, 0.717) is 11.8 Å². The fourth-order valence-electron chi connectivity index (χ4n) is 7.66. The molecule has 0 radical (unpaired) electrons. The molecule has 186 valence electrons. The molecule has 2 aliphatic carbocycles. The maximum absolute atomic E-state index is 10.6. The maximum Gasteiger partial charge on any atom is 0.0860 e. The fourth-order valence-corrected chi connectivity index (χ4v) is 7.66. The van der Waals surface area contributed by atoms with Crippen molar-refractivity contribution in [2.45, 2.75) is 97.9 Å². The van der Waals surface area contributed by atoms with Crippen LogP contribution < -0.4 is 0 Å². The molecule has 1 aromatic heterocycles. The average Bonchev–Trinajstić information content (AvgIpc) is 3.19. The quantitative estimate of drug-likeness (QED) is 0.370. The molecule has 2 saturated carbocycles. The SMILES string of the molecule is C.C#C.C=C1CCC2[C@]3(C)CCC(C(C)(C)O)OC3CC[C@]2(C)[C@@H]1Cc1c[nH]c2ccccc12. The highest BCUT2D eigenvalue weighted by molar-refractivity contribution is 5.83. The molecule has 0 amide bonds. The zero-order valence-electron chi connectivity index (χ0n) is 20.9. The fraction of sp³-hybridized carbons (Fsp3) is 0.613. The van der Waals surface area contributed by atoms with Crippen LogP contribution in [0.25, 0.3) is 10.9 Å². The molecule has 1 aromatic carbocycles. The van der Waals surface area contributed by atoms with E-state index in [1.807, 2.05) is 13.8 Å². The summed E-state index contributed by atoms with van der Waals surface area (Å²) in [4.78, 5) is 3.48. The number of terminal acetylenes is 1. The van der Waals surface area contributed by atoms with Crippen LogP contribution in [0.15, 0.2) is 42.6 Å². The van der Waals surface area contributed by atoms with E-state index in [2.05, 4.69) is 68.7 Å². The number of aromatic amines is 1. The Kier molecular flexibility index (Phi) is 7.47. The molecule has 6 atom stereocenters. The van der Waals surface area contributed by atoms with Gasteiger partial charge in [-0.05, 0) is 93.1 Å². The lowest BCUT2D eigenvalue weighted by atomic mass is 9.44. The molecule has 1 saturated heterocycles. The third-order valence-electron chi connectivity index (χ3n) is 9.48. The van der Waals surface area contributed by atoms with Gasteiger partial charge in [0.2, 0.25) is 0 Å². The Morgan fingerprint density at radius 1 is 1.12 bits per heavy atom. The Morgan fingerprint density at radius 3 is 2.50 bits per heavy atom. The second-order valence-electron chi connectivity index (χ2n) is 11.7. The van der Waals surface area contributed by atoms with Gasteiger partial charge in [-0.15, -0.1) is 12.8 Å². The van der Waals surface area contributed by atoms with Gasteiger partial charge in [0.25, 0.3) is 0 Å². The minimum Gasteiger partial charge on any atom is -0.388 e. The molecule has 2 aromatic rings. The van der Waals surface area contributed by atoms with Gasteiger partial charge in [-0.25, -0.2) is 0 Å². The highest BCUT2D eigenvalue weighted by Gasteiger charge is 2.60. The summed E-state index contributed by atoms with van der Waals surface area (Å²) in [6.07, 6.45) is 18.2. The number of hydrogen-bond donors (Lipinski definition) is 2. The van der Waals surface area contributed by atoms with E-state index >= 15 is 0 Å². The van der Waals surface area contributed by atoms with Crippen molar-refractivity contribution in [3.8, 4) is 12.8 Å². The second-order valence-corrected chi connectivity index (χ2v) is 11.7. The van der Waals surface area contributed by atoms with Crippen LogP contribution >= 0.6 is 0 Å². The Labute approximate surface area is 207 Å². The van der Waals surface area contributed by atoms with E-state index in [1.54, 1.807) is 0 Å². The molecule has 3 heteroatoms. The summed E-state index contributed by atoms with van der Waals surface area (Å²) < 4.78 is 6.60. The number of nitrogens with one attached hydrogen (secondary N) is 1. The van der Waals surface area contributed by atoms with E-state index in [1.165, 1.54) is 34.9 Å². The first-order chi connectivity index (χ1) is 15.6. The lowest BCUT2D eigenvalue weighted by Crippen LogP contribution is -2.61. The van der Waals surface area contributed by atoms with Crippen molar-refractivity contribution in [3.05, 3.63) is 48.2 Å². The van der Waals surface area contributed by atoms with Crippen molar-refractivity contribution in [1.82, 2.24) is 4.98 Å². The molecule has 0 spiro atoms. The summed E-state index contributed by atoms with van der Waals surface area (Å²) in [5.41, 5.74) is 3.78. The molecule has 3 nitrogen and oxygen atoms in total. The van der Waals surface area contributed by atoms with Crippen molar-refractivity contribution in [1.29, 1.82) is 0 Å². The maximum atomic E-state index is 10.6. The first-order valence-corrected chi connectivity index (χ1v) is 12.6. The molecular formula is C31H45NO2. The smallest absolute Gasteiger partial charge is 0.0860 e. The first-order valence-electron chi connectivity index (χ1n) is 12.6. The molecule has 5 rings (SSSR count). The third kappa shape index (κ3) is 4.25. The van der Waals surface area contributed by atoms with Crippen LogP contribution in [-0.4, -0.2) is 27.9 Å². The zero-order chi connectivity index (χ0) is 24.0. The number of allylic oxidation sites excluding steroid dienone is 1. The number of hydrogen-bond acceptors (Lipinski definition) is 2. The summed E-state index contributed by atoms with van der Waals surface area (Å²) in [5, 5.41) is 11.9. The number of rotatable bonds is 3. The number of aromatic nitrogens is 1. The molecule has 3 aliphatic rings. The first kappa shape index (κ1) is 26.6. The Hall–Kier alpha value is -2.02. The average molecular weight is 464 g/mol. The van der Waals surface area contributed by atoms with E-state index in [-0.39, 0.29) is 30.5 Å². The standard InChI is InChI=1S/C28H39NO2.C2H2.CH4/c1-18-10-11-23-27(4,21(18)16-19-17-29-22-9-7-6-8-20(19)22)14-13-25-28(23,5)15-12-24(31-25)26(2,3)30;1-2;/h6-9,17,21,23-25,29-30H,1,10-16H2,2-5H3;1-2H;1H4/t21-,23?,24?,25?,27-,28+;;/m1../s1. The van der Waals surface area contributed by atoms with Gasteiger partial charge in [0, 0.05) is 17.1 Å². The largest absolute Gasteiger partial charge is 0.388 e. The molecule has 3 fully saturated rings. The van der Waals surface area contributed by atoms with Gasteiger partial charge in [0.15, 0.2) is 0 Å². The van der Waals surface area contributed by atoms with Crippen molar-refractivity contribution in [3.63, 3.8) is 0 Å². The number of ether oxygens (including phenoxy) is 1. The van der Waals surface area contributed by atoms with Gasteiger partial charge >= 0.3 is 0 Å². The van der Waals surface area contributed by atoms with E-state index < -0.39 is 5.60 Å². The van der Waals surface area contributed by atoms with Crippen LogP contribution in [0.1, 0.15) is 79.2 Å². The Balaban J connectivity index is 0.00000105. The predicted octanol–water partition coefficient (Wildman–Crippen LogP) is 7.30. The highest BCUT2D eigenvalue weighted by atomic mass is 16.5. The third-order valence-corrected chi connectivity index (χ3v) is 9.48. The highest BCUT2D eigenvalue weighted by Crippen LogP contribution is 2.64. The van der Waals surface area contributed by atoms with Gasteiger partial charge in [-0.3, -0.25) is 0 Å². The van der Waals surface area contributed by atoms with Gasteiger partial charge in [0.1, 0.15) is 0 Å².